The maximum atomic E-state index is 10.6. The number of hydrogen-bond acceptors (Lipinski definition) is 4. The minimum absolute atomic E-state index is 0.356. The second-order valence-electron chi connectivity index (χ2n) is 6.55. The minimum atomic E-state index is -1.00. The quantitative estimate of drug-likeness (QED) is 0.493. The van der Waals surface area contributed by atoms with Gasteiger partial charge in [0.15, 0.2) is 6.61 Å². The summed E-state index contributed by atoms with van der Waals surface area (Å²) in [5, 5.41) is 8.67. The van der Waals surface area contributed by atoms with Crippen LogP contribution in [0.2, 0.25) is 0 Å². The Labute approximate surface area is 170 Å². The van der Waals surface area contributed by atoms with Gasteiger partial charge in [0, 0.05) is 6.42 Å². The highest BCUT2D eigenvalue weighted by molar-refractivity contribution is 5.68. The van der Waals surface area contributed by atoms with Crippen LogP contribution in [0.1, 0.15) is 12.0 Å². The van der Waals surface area contributed by atoms with Crippen LogP contribution in [0.5, 0.6) is 17.2 Å². The summed E-state index contributed by atoms with van der Waals surface area (Å²) in [5.41, 5.74) is 3.17. The van der Waals surface area contributed by atoms with E-state index in [9.17, 15) is 4.79 Å². The first-order valence-corrected chi connectivity index (χ1v) is 9.48. The van der Waals surface area contributed by atoms with Crippen molar-refractivity contribution in [1.29, 1.82) is 0 Å². The van der Waals surface area contributed by atoms with Crippen molar-refractivity contribution in [3.05, 3.63) is 78.4 Å². The molecular formula is C24H24O5. The van der Waals surface area contributed by atoms with Crippen LogP contribution in [-0.4, -0.2) is 30.9 Å². The van der Waals surface area contributed by atoms with Crippen LogP contribution in [0.15, 0.2) is 72.8 Å². The van der Waals surface area contributed by atoms with Gasteiger partial charge in [-0.2, -0.15) is 0 Å². The van der Waals surface area contributed by atoms with Crippen molar-refractivity contribution in [1.82, 2.24) is 0 Å². The predicted molar refractivity (Wildman–Crippen MR) is 112 cm³/mol. The molecule has 0 aliphatic rings. The summed E-state index contributed by atoms with van der Waals surface area (Å²) in [6, 6.07) is 23.6. The van der Waals surface area contributed by atoms with Gasteiger partial charge in [0.2, 0.25) is 0 Å². The van der Waals surface area contributed by atoms with Crippen LogP contribution in [0.3, 0.4) is 0 Å². The predicted octanol–water partition coefficient (Wildman–Crippen LogP) is 4.97. The molecule has 5 nitrogen and oxygen atoms in total. The van der Waals surface area contributed by atoms with Gasteiger partial charge in [0.05, 0.1) is 13.2 Å². The maximum Gasteiger partial charge on any atom is 0.341 e. The zero-order valence-electron chi connectivity index (χ0n) is 16.3. The molecule has 0 saturated heterocycles. The molecule has 0 aliphatic heterocycles. The molecule has 3 aromatic rings. The zero-order valence-corrected chi connectivity index (χ0v) is 16.3. The Bertz CT molecular complexity index is 920. The minimum Gasteiger partial charge on any atom is -0.493 e. The molecule has 1 N–H and O–H groups in total. The van der Waals surface area contributed by atoms with E-state index in [2.05, 4.69) is 24.3 Å². The van der Waals surface area contributed by atoms with Crippen LogP contribution in [0.25, 0.3) is 11.1 Å². The molecule has 0 aliphatic carbocycles. The Morgan fingerprint density at radius 2 is 1.41 bits per heavy atom. The van der Waals surface area contributed by atoms with Gasteiger partial charge >= 0.3 is 5.97 Å². The second-order valence-corrected chi connectivity index (χ2v) is 6.55. The van der Waals surface area contributed by atoms with Crippen LogP contribution in [0, 0.1) is 6.92 Å². The lowest BCUT2D eigenvalue weighted by Crippen LogP contribution is -2.10. The fraction of sp³-hybridized carbons (Fsp3) is 0.208. The molecule has 0 radical (unpaired) electrons. The smallest absolute Gasteiger partial charge is 0.341 e. The molecule has 0 aromatic heterocycles. The third-order valence-electron chi connectivity index (χ3n) is 4.29. The van der Waals surface area contributed by atoms with Crippen molar-refractivity contribution in [3.63, 3.8) is 0 Å². The Kier molecular flexibility index (Phi) is 7.11. The van der Waals surface area contributed by atoms with E-state index in [1.54, 1.807) is 12.1 Å². The van der Waals surface area contributed by atoms with Crippen LogP contribution < -0.4 is 14.2 Å². The summed E-state index contributed by atoms with van der Waals surface area (Å²) < 4.78 is 16.7. The molecule has 3 aromatic carbocycles. The number of carboxylic acids is 1. The summed E-state index contributed by atoms with van der Waals surface area (Å²) in [5.74, 6) is 1.10. The number of aliphatic carboxylic acids is 1. The third-order valence-corrected chi connectivity index (χ3v) is 4.29. The van der Waals surface area contributed by atoms with Crippen LogP contribution in [0.4, 0.5) is 0 Å². The van der Waals surface area contributed by atoms with Gasteiger partial charge in [-0.15, -0.1) is 0 Å². The number of rotatable bonds is 10. The average Bonchev–Trinajstić information content (AvgIpc) is 2.74. The molecule has 0 saturated carbocycles. The first-order valence-electron chi connectivity index (χ1n) is 9.48. The molecule has 0 bridgehead atoms. The van der Waals surface area contributed by atoms with Gasteiger partial charge in [-0.25, -0.2) is 4.79 Å². The summed E-state index contributed by atoms with van der Waals surface area (Å²) in [6.45, 7) is 2.58. The van der Waals surface area contributed by atoms with Crippen molar-refractivity contribution in [2.24, 2.45) is 0 Å². The zero-order chi connectivity index (χ0) is 20.5. The molecule has 0 fully saturated rings. The highest BCUT2D eigenvalue weighted by Gasteiger charge is 2.05. The largest absolute Gasteiger partial charge is 0.493 e. The number of carboxylic acid groups (broad SMARTS) is 1. The Hall–Kier alpha value is -3.47. The molecule has 29 heavy (non-hydrogen) atoms. The maximum absolute atomic E-state index is 10.6. The fourth-order valence-corrected chi connectivity index (χ4v) is 2.83. The summed E-state index contributed by atoms with van der Waals surface area (Å²) in [6.07, 6.45) is 0.747. The highest BCUT2D eigenvalue weighted by atomic mass is 16.5. The molecule has 5 heteroatoms. The van der Waals surface area contributed by atoms with Gasteiger partial charge in [-0.3, -0.25) is 0 Å². The summed E-state index contributed by atoms with van der Waals surface area (Å²) >= 11 is 0. The Balaban J connectivity index is 1.39. The molecule has 150 valence electrons. The van der Waals surface area contributed by atoms with Crippen molar-refractivity contribution in [2.45, 2.75) is 13.3 Å². The molecule has 0 heterocycles. The highest BCUT2D eigenvalue weighted by Crippen LogP contribution is 2.24. The normalized spacial score (nSPS) is 10.4. The molecule has 0 amide bonds. The SMILES string of the molecule is Cc1cc(OCCCOc2ccc(-c3ccccc3)cc2)ccc1OCC(=O)O. The summed E-state index contributed by atoms with van der Waals surface area (Å²) in [7, 11) is 0. The van der Waals surface area contributed by atoms with E-state index in [4.69, 9.17) is 19.3 Å². The fourth-order valence-electron chi connectivity index (χ4n) is 2.83. The van der Waals surface area contributed by atoms with Crippen molar-refractivity contribution >= 4 is 5.97 Å². The van der Waals surface area contributed by atoms with E-state index in [1.165, 1.54) is 5.56 Å². The summed E-state index contributed by atoms with van der Waals surface area (Å²) in [4.78, 5) is 10.6. The molecular weight excluding hydrogens is 368 g/mol. The lowest BCUT2D eigenvalue weighted by atomic mass is 10.1. The van der Waals surface area contributed by atoms with E-state index < -0.39 is 5.97 Å². The number of benzene rings is 3. The lowest BCUT2D eigenvalue weighted by Gasteiger charge is -2.11. The molecule has 0 spiro atoms. The lowest BCUT2D eigenvalue weighted by molar-refractivity contribution is -0.139. The van der Waals surface area contributed by atoms with Crippen molar-refractivity contribution in [2.75, 3.05) is 19.8 Å². The topological polar surface area (TPSA) is 65.0 Å². The van der Waals surface area contributed by atoms with E-state index in [-0.39, 0.29) is 6.61 Å². The van der Waals surface area contributed by atoms with E-state index in [0.717, 1.165) is 29.0 Å². The first kappa shape index (κ1) is 20.3. The van der Waals surface area contributed by atoms with E-state index in [1.807, 2.05) is 43.3 Å². The van der Waals surface area contributed by atoms with Gasteiger partial charge in [-0.05, 0) is 53.9 Å². The van der Waals surface area contributed by atoms with Gasteiger partial charge in [0.1, 0.15) is 17.2 Å². The third kappa shape index (κ3) is 6.28. The number of aryl methyl sites for hydroxylation is 1. The van der Waals surface area contributed by atoms with Crippen molar-refractivity contribution in [3.8, 4) is 28.4 Å². The molecule has 0 unspecified atom stereocenters. The first-order chi connectivity index (χ1) is 14.1. The monoisotopic (exact) mass is 392 g/mol. The average molecular weight is 392 g/mol. The number of ether oxygens (including phenoxy) is 3. The van der Waals surface area contributed by atoms with Crippen LogP contribution in [-0.2, 0) is 4.79 Å². The second kappa shape index (κ2) is 10.2. The number of carbonyl (C=O) groups is 1. The number of hydrogen-bond donors (Lipinski definition) is 1. The van der Waals surface area contributed by atoms with E-state index >= 15 is 0 Å². The van der Waals surface area contributed by atoms with E-state index in [0.29, 0.717) is 19.0 Å². The van der Waals surface area contributed by atoms with Crippen LogP contribution >= 0.6 is 0 Å². The van der Waals surface area contributed by atoms with Gasteiger partial charge in [0.25, 0.3) is 0 Å². The molecule has 0 atom stereocenters. The Morgan fingerprint density at radius 1 is 0.793 bits per heavy atom. The van der Waals surface area contributed by atoms with Gasteiger partial charge < -0.3 is 19.3 Å². The van der Waals surface area contributed by atoms with Crippen molar-refractivity contribution < 1.29 is 24.1 Å². The molecule has 3 rings (SSSR count). The van der Waals surface area contributed by atoms with Gasteiger partial charge in [-0.1, -0.05) is 42.5 Å². The Morgan fingerprint density at radius 3 is 2.07 bits per heavy atom. The standard InChI is InChI=1S/C24H24O5/c1-18-16-22(12-13-23(18)29-17-24(25)26)28-15-5-14-27-21-10-8-20(9-11-21)19-6-3-2-4-7-19/h2-4,6-13,16H,5,14-15,17H2,1H3,(H,25,26).